The van der Waals surface area contributed by atoms with Gasteiger partial charge in [0.15, 0.2) is 10.9 Å². The molecule has 1 aromatic carbocycles. The van der Waals surface area contributed by atoms with Crippen molar-refractivity contribution in [3.63, 3.8) is 0 Å². The Morgan fingerprint density at radius 3 is 2.57 bits per heavy atom. The van der Waals surface area contributed by atoms with Crippen molar-refractivity contribution in [3.05, 3.63) is 58.0 Å². The van der Waals surface area contributed by atoms with E-state index in [-0.39, 0.29) is 5.16 Å². The van der Waals surface area contributed by atoms with Crippen molar-refractivity contribution in [1.82, 2.24) is 9.97 Å². The lowest BCUT2D eigenvalue weighted by atomic mass is 10.1. The molecule has 1 N–H and O–H groups in total. The minimum absolute atomic E-state index is 0.00267. The number of halogens is 3. The summed E-state index contributed by atoms with van der Waals surface area (Å²) in [4.78, 5) is 16.9. The van der Waals surface area contributed by atoms with E-state index < -0.39 is 17.4 Å². The Morgan fingerprint density at radius 2 is 1.90 bits per heavy atom. The van der Waals surface area contributed by atoms with E-state index in [0.29, 0.717) is 11.8 Å². The number of nitrogens with zero attached hydrogens (tertiary/aromatic N) is 1. The molecule has 0 unspecified atom stereocenters. The highest BCUT2D eigenvalue weighted by molar-refractivity contribution is 7.99. The number of aromatic amines is 1. The summed E-state index contributed by atoms with van der Waals surface area (Å²) in [5, 5.41) is 0.00267. The summed E-state index contributed by atoms with van der Waals surface area (Å²) in [6.45, 7) is 0. The fourth-order valence-corrected chi connectivity index (χ4v) is 2.56. The molecule has 0 spiro atoms. The molecular formula is C14H13F3N2OS. The van der Waals surface area contributed by atoms with Crippen LogP contribution in [-0.2, 0) is 12.6 Å². The van der Waals surface area contributed by atoms with Crippen LogP contribution in [0, 0.1) is 0 Å². The first-order valence-corrected chi connectivity index (χ1v) is 7.29. The summed E-state index contributed by atoms with van der Waals surface area (Å²) >= 11 is 1.12. The first kappa shape index (κ1) is 15.6. The van der Waals surface area contributed by atoms with Crippen LogP contribution < -0.4 is 5.56 Å². The fraction of sp³-hybridized carbons (Fsp3) is 0.286. The highest BCUT2D eigenvalue weighted by atomic mass is 32.2. The van der Waals surface area contributed by atoms with Crippen molar-refractivity contribution < 1.29 is 13.2 Å². The molecule has 2 rings (SSSR count). The molecule has 0 saturated heterocycles. The first-order valence-electron chi connectivity index (χ1n) is 6.30. The summed E-state index contributed by atoms with van der Waals surface area (Å²) in [5.41, 5.74) is -0.775. The number of benzene rings is 1. The lowest BCUT2D eigenvalue weighted by molar-refractivity contribution is -0.141. The molecule has 0 fully saturated rings. The van der Waals surface area contributed by atoms with Gasteiger partial charge in [0.2, 0.25) is 0 Å². The fourth-order valence-electron chi connectivity index (χ4n) is 1.74. The summed E-state index contributed by atoms with van der Waals surface area (Å²) < 4.78 is 37.6. The summed E-state index contributed by atoms with van der Waals surface area (Å²) in [6, 6.07) is 10.3. The van der Waals surface area contributed by atoms with E-state index in [1.807, 2.05) is 30.3 Å². The molecule has 0 amide bonds. The monoisotopic (exact) mass is 314 g/mol. The third-order valence-electron chi connectivity index (χ3n) is 2.70. The molecule has 3 nitrogen and oxygen atoms in total. The average molecular weight is 314 g/mol. The molecule has 0 aliphatic rings. The third kappa shape index (κ3) is 4.93. The minimum atomic E-state index is -4.60. The number of aromatic nitrogens is 2. The Bertz CT molecular complexity index is 641. The maximum atomic E-state index is 12.5. The standard InChI is InChI=1S/C14H13F3N2OS/c15-14(16,17)11-9-12(20)19-13(18-11)21-8-4-7-10-5-2-1-3-6-10/h1-3,5-6,9H,4,7-8H2,(H,18,19,20). The van der Waals surface area contributed by atoms with Gasteiger partial charge in [-0.25, -0.2) is 4.98 Å². The molecule has 0 aliphatic heterocycles. The summed E-state index contributed by atoms with van der Waals surface area (Å²) in [6.07, 6.45) is -2.99. The van der Waals surface area contributed by atoms with Gasteiger partial charge in [0.05, 0.1) is 0 Å². The second-order valence-corrected chi connectivity index (χ2v) is 5.45. The first-order chi connectivity index (χ1) is 9.95. The van der Waals surface area contributed by atoms with Crippen molar-refractivity contribution in [2.45, 2.75) is 24.2 Å². The third-order valence-corrected chi connectivity index (χ3v) is 3.66. The average Bonchev–Trinajstić information content (AvgIpc) is 2.43. The zero-order valence-corrected chi connectivity index (χ0v) is 11.8. The van der Waals surface area contributed by atoms with Crippen LogP contribution in [-0.4, -0.2) is 15.7 Å². The van der Waals surface area contributed by atoms with Crippen molar-refractivity contribution in [2.24, 2.45) is 0 Å². The van der Waals surface area contributed by atoms with Crippen LogP contribution >= 0.6 is 11.8 Å². The number of rotatable bonds is 5. The van der Waals surface area contributed by atoms with E-state index >= 15 is 0 Å². The predicted octanol–water partition coefficient (Wildman–Crippen LogP) is 3.51. The lowest BCUT2D eigenvalue weighted by Crippen LogP contribution is -2.16. The van der Waals surface area contributed by atoms with E-state index in [0.717, 1.165) is 24.6 Å². The number of thioether (sulfide) groups is 1. The van der Waals surface area contributed by atoms with Crippen molar-refractivity contribution in [2.75, 3.05) is 5.75 Å². The van der Waals surface area contributed by atoms with Gasteiger partial charge in [-0.05, 0) is 18.4 Å². The van der Waals surface area contributed by atoms with Crippen molar-refractivity contribution >= 4 is 11.8 Å². The van der Waals surface area contributed by atoms with Crippen LogP contribution in [0.1, 0.15) is 17.7 Å². The van der Waals surface area contributed by atoms with E-state index in [2.05, 4.69) is 9.97 Å². The summed E-state index contributed by atoms with van der Waals surface area (Å²) in [7, 11) is 0. The molecular weight excluding hydrogens is 301 g/mol. The van der Waals surface area contributed by atoms with Gasteiger partial charge in [-0.2, -0.15) is 13.2 Å². The van der Waals surface area contributed by atoms with E-state index in [1.54, 1.807) is 0 Å². The number of hydrogen-bond donors (Lipinski definition) is 1. The second-order valence-electron chi connectivity index (χ2n) is 4.37. The predicted molar refractivity (Wildman–Crippen MR) is 75.3 cm³/mol. The zero-order valence-electron chi connectivity index (χ0n) is 11.0. The van der Waals surface area contributed by atoms with E-state index in [1.165, 1.54) is 5.56 Å². The number of alkyl halides is 3. The highest BCUT2D eigenvalue weighted by Crippen LogP contribution is 2.27. The quantitative estimate of drug-likeness (QED) is 0.522. The molecule has 0 bridgehead atoms. The molecule has 0 aliphatic carbocycles. The molecule has 1 aromatic heterocycles. The van der Waals surface area contributed by atoms with Gasteiger partial charge in [-0.3, -0.25) is 4.79 Å². The van der Waals surface area contributed by atoms with Gasteiger partial charge in [-0.1, -0.05) is 42.1 Å². The normalized spacial score (nSPS) is 11.6. The molecule has 2 aromatic rings. The highest BCUT2D eigenvalue weighted by Gasteiger charge is 2.33. The number of nitrogens with one attached hydrogen (secondary N) is 1. The smallest absolute Gasteiger partial charge is 0.301 e. The second kappa shape index (κ2) is 6.80. The van der Waals surface area contributed by atoms with Crippen molar-refractivity contribution in [3.8, 4) is 0 Å². The van der Waals surface area contributed by atoms with Crippen molar-refractivity contribution in [1.29, 1.82) is 0 Å². The lowest BCUT2D eigenvalue weighted by Gasteiger charge is -2.07. The largest absolute Gasteiger partial charge is 0.433 e. The Hall–Kier alpha value is -1.76. The van der Waals surface area contributed by atoms with Gasteiger partial charge in [-0.15, -0.1) is 0 Å². The maximum absolute atomic E-state index is 12.5. The molecule has 7 heteroatoms. The van der Waals surface area contributed by atoms with Crippen LogP contribution in [0.25, 0.3) is 0 Å². The van der Waals surface area contributed by atoms with E-state index in [4.69, 9.17) is 0 Å². The maximum Gasteiger partial charge on any atom is 0.433 e. The van der Waals surface area contributed by atoms with Gasteiger partial charge >= 0.3 is 6.18 Å². The van der Waals surface area contributed by atoms with Gasteiger partial charge in [0, 0.05) is 11.8 Å². The Labute approximate surface area is 123 Å². The van der Waals surface area contributed by atoms with E-state index in [9.17, 15) is 18.0 Å². The summed E-state index contributed by atoms with van der Waals surface area (Å²) in [5.74, 6) is 0.582. The molecule has 1 heterocycles. The number of aryl methyl sites for hydroxylation is 1. The van der Waals surface area contributed by atoms with Gasteiger partial charge in [0.1, 0.15) is 0 Å². The van der Waals surface area contributed by atoms with Crippen LogP contribution in [0.3, 0.4) is 0 Å². The van der Waals surface area contributed by atoms with Gasteiger partial charge in [0.25, 0.3) is 5.56 Å². The van der Waals surface area contributed by atoms with Crippen LogP contribution in [0.15, 0.2) is 46.3 Å². The van der Waals surface area contributed by atoms with Crippen LogP contribution in [0.4, 0.5) is 13.2 Å². The molecule has 112 valence electrons. The molecule has 0 saturated carbocycles. The Kier molecular flexibility index (Phi) is 5.06. The van der Waals surface area contributed by atoms with Crippen LogP contribution in [0.2, 0.25) is 0 Å². The van der Waals surface area contributed by atoms with Crippen LogP contribution in [0.5, 0.6) is 0 Å². The topological polar surface area (TPSA) is 45.8 Å². The minimum Gasteiger partial charge on any atom is -0.301 e. The Balaban J connectivity index is 1.91. The number of H-pyrrole nitrogens is 1. The molecule has 0 radical (unpaired) electrons. The number of hydrogen-bond acceptors (Lipinski definition) is 3. The molecule has 0 atom stereocenters. The van der Waals surface area contributed by atoms with Gasteiger partial charge < -0.3 is 4.98 Å². The Morgan fingerprint density at radius 1 is 1.19 bits per heavy atom. The molecule has 21 heavy (non-hydrogen) atoms. The zero-order chi connectivity index (χ0) is 15.3. The SMILES string of the molecule is O=c1cc(C(F)(F)F)nc(SCCCc2ccccc2)[nH]1.